The highest BCUT2D eigenvalue weighted by atomic mass is 16.2. The average Bonchev–Trinajstić information content (AvgIpc) is 2.40. The summed E-state index contributed by atoms with van der Waals surface area (Å²) in [5, 5.41) is 5.05. The van der Waals surface area contributed by atoms with Crippen molar-refractivity contribution < 1.29 is 9.59 Å². The van der Waals surface area contributed by atoms with Crippen LogP contribution in [0.25, 0.3) is 0 Å². The first-order valence-electron chi connectivity index (χ1n) is 6.98. The second-order valence-corrected chi connectivity index (χ2v) is 5.67. The van der Waals surface area contributed by atoms with E-state index in [0.717, 1.165) is 4.57 Å². The maximum absolute atomic E-state index is 12.3. The van der Waals surface area contributed by atoms with Crippen molar-refractivity contribution in [3.8, 4) is 0 Å². The Kier molecular flexibility index (Phi) is 5.67. The number of aromatic nitrogens is 2. The molecule has 0 radical (unpaired) electrons. The van der Waals surface area contributed by atoms with Crippen LogP contribution >= 0.6 is 0 Å². The Labute approximate surface area is 128 Å². The number of carbonyl (C=O) groups excluding carboxylic acids is 2. The number of nitrogens with zero attached hydrogens (tertiary/aromatic N) is 2. The predicted molar refractivity (Wildman–Crippen MR) is 82.6 cm³/mol. The molecule has 1 atom stereocenters. The molecule has 0 spiro atoms. The number of hydrogen-bond donors (Lipinski definition) is 2. The second-order valence-electron chi connectivity index (χ2n) is 5.67. The van der Waals surface area contributed by atoms with Gasteiger partial charge in [-0.2, -0.15) is 0 Å². The summed E-state index contributed by atoms with van der Waals surface area (Å²) in [5.74, 6) is -0.626. The van der Waals surface area contributed by atoms with Gasteiger partial charge in [0, 0.05) is 27.2 Å². The molecule has 0 aliphatic heterocycles. The Morgan fingerprint density at radius 3 is 2.32 bits per heavy atom. The van der Waals surface area contributed by atoms with Crippen molar-refractivity contribution >= 4 is 17.5 Å². The Balaban J connectivity index is 3.06. The van der Waals surface area contributed by atoms with Crippen molar-refractivity contribution in [3.63, 3.8) is 0 Å². The van der Waals surface area contributed by atoms with Crippen LogP contribution in [0.4, 0.5) is 5.69 Å². The van der Waals surface area contributed by atoms with Crippen LogP contribution in [0.3, 0.4) is 0 Å². The van der Waals surface area contributed by atoms with E-state index in [1.807, 2.05) is 13.8 Å². The minimum Gasteiger partial charge on any atom is -0.345 e. The molecule has 0 saturated carbocycles. The lowest BCUT2D eigenvalue weighted by Crippen LogP contribution is -2.45. The normalized spacial score (nSPS) is 12.1. The first-order valence-corrected chi connectivity index (χ1v) is 6.98. The first kappa shape index (κ1) is 17.7. The van der Waals surface area contributed by atoms with Gasteiger partial charge in [-0.25, -0.2) is 4.79 Å². The van der Waals surface area contributed by atoms with Crippen LogP contribution in [0.2, 0.25) is 0 Å². The number of hydrogen-bond acceptors (Lipinski definition) is 4. The third-order valence-corrected chi connectivity index (χ3v) is 3.11. The maximum Gasteiger partial charge on any atom is 0.330 e. The van der Waals surface area contributed by atoms with E-state index in [1.165, 1.54) is 31.8 Å². The molecule has 22 heavy (non-hydrogen) atoms. The predicted octanol–water partition coefficient (Wildman–Crippen LogP) is -0.427. The summed E-state index contributed by atoms with van der Waals surface area (Å²) < 4.78 is 2.11. The van der Waals surface area contributed by atoms with Crippen LogP contribution < -0.4 is 21.9 Å². The lowest BCUT2D eigenvalue weighted by atomic mass is 10.0. The van der Waals surface area contributed by atoms with Crippen LogP contribution in [0.15, 0.2) is 15.8 Å². The van der Waals surface area contributed by atoms with Gasteiger partial charge in [0.05, 0.1) is 0 Å². The van der Waals surface area contributed by atoms with Crippen LogP contribution in [-0.4, -0.2) is 27.0 Å². The summed E-state index contributed by atoms with van der Waals surface area (Å²) >= 11 is 0. The van der Waals surface area contributed by atoms with E-state index in [2.05, 4.69) is 10.6 Å². The van der Waals surface area contributed by atoms with Crippen LogP contribution in [-0.2, 0) is 23.7 Å². The molecule has 0 saturated heterocycles. The number of nitrogens with one attached hydrogen (secondary N) is 2. The smallest absolute Gasteiger partial charge is 0.330 e. The Hall–Kier alpha value is -2.38. The number of aryl methyl sites for hydroxylation is 1. The molecule has 2 amide bonds. The van der Waals surface area contributed by atoms with Gasteiger partial charge in [0.1, 0.15) is 11.7 Å². The fourth-order valence-corrected chi connectivity index (χ4v) is 2.06. The Morgan fingerprint density at radius 2 is 1.82 bits per heavy atom. The molecule has 1 rings (SSSR count). The van der Waals surface area contributed by atoms with E-state index in [1.54, 1.807) is 0 Å². The SMILES string of the molecule is CC(=O)N[C@@H](CC(C)C)C(=O)Nc1cn(C)c(=O)n(C)c1=O. The van der Waals surface area contributed by atoms with Gasteiger partial charge in [-0.05, 0) is 12.3 Å². The lowest BCUT2D eigenvalue weighted by Gasteiger charge is -2.19. The van der Waals surface area contributed by atoms with E-state index in [0.29, 0.717) is 6.42 Å². The van der Waals surface area contributed by atoms with Crippen LogP contribution in [0.5, 0.6) is 0 Å². The van der Waals surface area contributed by atoms with Gasteiger partial charge in [0.25, 0.3) is 5.56 Å². The third kappa shape index (κ3) is 4.31. The number of amides is 2. The van der Waals surface area contributed by atoms with Crippen molar-refractivity contribution in [2.24, 2.45) is 20.0 Å². The van der Waals surface area contributed by atoms with Crippen molar-refractivity contribution in [1.29, 1.82) is 0 Å². The monoisotopic (exact) mass is 310 g/mol. The molecule has 0 bridgehead atoms. The summed E-state index contributed by atoms with van der Waals surface area (Å²) in [6.45, 7) is 5.17. The summed E-state index contributed by atoms with van der Waals surface area (Å²) in [7, 11) is 2.82. The summed E-state index contributed by atoms with van der Waals surface area (Å²) in [4.78, 5) is 47.1. The molecule has 0 aliphatic carbocycles. The zero-order chi connectivity index (χ0) is 17.0. The van der Waals surface area contributed by atoms with Crippen molar-refractivity contribution in [1.82, 2.24) is 14.5 Å². The molecule has 8 heteroatoms. The molecule has 1 aromatic heterocycles. The van der Waals surface area contributed by atoms with E-state index < -0.39 is 23.2 Å². The number of carbonyl (C=O) groups is 2. The molecular weight excluding hydrogens is 288 g/mol. The summed E-state index contributed by atoms with van der Waals surface area (Å²) in [5.41, 5.74) is -1.08. The molecule has 8 nitrogen and oxygen atoms in total. The highest BCUT2D eigenvalue weighted by Crippen LogP contribution is 2.07. The van der Waals surface area contributed by atoms with Crippen LogP contribution in [0, 0.1) is 5.92 Å². The lowest BCUT2D eigenvalue weighted by molar-refractivity contribution is -0.125. The molecular formula is C14H22N4O4. The molecule has 0 aromatic carbocycles. The number of anilines is 1. The first-order chi connectivity index (χ1) is 10.1. The topological polar surface area (TPSA) is 102 Å². The van der Waals surface area contributed by atoms with E-state index >= 15 is 0 Å². The van der Waals surface area contributed by atoms with Crippen molar-refractivity contribution in [3.05, 3.63) is 27.0 Å². The highest BCUT2D eigenvalue weighted by molar-refractivity contribution is 5.96. The van der Waals surface area contributed by atoms with Gasteiger partial charge in [0.2, 0.25) is 11.8 Å². The molecule has 0 unspecified atom stereocenters. The minimum atomic E-state index is -0.737. The summed E-state index contributed by atoms with van der Waals surface area (Å²) in [6.07, 6.45) is 1.71. The van der Waals surface area contributed by atoms with Crippen molar-refractivity contribution in [2.45, 2.75) is 33.2 Å². The van der Waals surface area contributed by atoms with Gasteiger partial charge < -0.3 is 15.2 Å². The fourth-order valence-electron chi connectivity index (χ4n) is 2.06. The zero-order valence-corrected chi connectivity index (χ0v) is 13.5. The molecule has 0 aliphatic rings. The third-order valence-electron chi connectivity index (χ3n) is 3.11. The van der Waals surface area contributed by atoms with Gasteiger partial charge >= 0.3 is 5.69 Å². The zero-order valence-electron chi connectivity index (χ0n) is 13.5. The molecule has 122 valence electrons. The minimum absolute atomic E-state index is 0.00583. The molecule has 0 fully saturated rings. The van der Waals surface area contributed by atoms with Crippen LogP contribution in [0.1, 0.15) is 27.2 Å². The fraction of sp³-hybridized carbons (Fsp3) is 0.571. The Bertz CT molecular complexity index is 687. The molecule has 1 aromatic rings. The second kappa shape index (κ2) is 7.06. The summed E-state index contributed by atoms with van der Waals surface area (Å²) in [6, 6.07) is -0.737. The number of rotatable bonds is 5. The van der Waals surface area contributed by atoms with E-state index in [-0.39, 0.29) is 17.5 Å². The molecule has 2 N–H and O–H groups in total. The van der Waals surface area contributed by atoms with E-state index in [4.69, 9.17) is 0 Å². The van der Waals surface area contributed by atoms with Crippen molar-refractivity contribution in [2.75, 3.05) is 5.32 Å². The largest absolute Gasteiger partial charge is 0.345 e. The van der Waals surface area contributed by atoms with Gasteiger partial charge in [0.15, 0.2) is 0 Å². The highest BCUT2D eigenvalue weighted by Gasteiger charge is 2.22. The molecule has 1 heterocycles. The standard InChI is InChI=1S/C14H22N4O4/c1-8(2)6-10(15-9(3)19)12(20)16-11-7-17(4)14(22)18(5)13(11)21/h7-8,10H,6H2,1-5H3,(H,15,19)(H,16,20)/t10-/m0/s1. The maximum atomic E-state index is 12.3. The average molecular weight is 310 g/mol. The van der Waals surface area contributed by atoms with E-state index in [9.17, 15) is 19.2 Å². The van der Waals surface area contributed by atoms with Gasteiger partial charge in [-0.1, -0.05) is 13.8 Å². The van der Waals surface area contributed by atoms with Gasteiger partial charge in [-0.15, -0.1) is 0 Å². The van der Waals surface area contributed by atoms with Gasteiger partial charge in [-0.3, -0.25) is 19.0 Å². The quantitative estimate of drug-likeness (QED) is 0.770. The Morgan fingerprint density at radius 1 is 1.23 bits per heavy atom.